The first-order valence-corrected chi connectivity index (χ1v) is 3.60. The summed E-state index contributed by atoms with van der Waals surface area (Å²) >= 11 is 0. The molecule has 1 heterocycles. The van der Waals surface area contributed by atoms with Crippen molar-refractivity contribution in [3.8, 4) is 0 Å². The molecule has 68 valence electrons. The van der Waals surface area contributed by atoms with E-state index in [1.165, 1.54) is 5.01 Å². The molecule has 0 saturated carbocycles. The van der Waals surface area contributed by atoms with Crippen molar-refractivity contribution in [2.45, 2.75) is 6.17 Å². The summed E-state index contributed by atoms with van der Waals surface area (Å²) in [4.78, 5) is 11.3. The Morgan fingerprint density at radius 3 is 2.50 bits per heavy atom. The van der Waals surface area contributed by atoms with E-state index in [0.29, 0.717) is 5.71 Å². The lowest BCUT2D eigenvalue weighted by Crippen LogP contribution is -2.42. The molecule has 12 heavy (non-hydrogen) atoms. The van der Waals surface area contributed by atoms with Crippen molar-refractivity contribution in [1.29, 1.82) is 0 Å². The van der Waals surface area contributed by atoms with Gasteiger partial charge in [-0.25, -0.2) is 0 Å². The lowest BCUT2D eigenvalue weighted by Gasteiger charge is -2.20. The summed E-state index contributed by atoms with van der Waals surface area (Å²) in [6, 6.07) is 0. The molecular formula is C6H13N5O. The molecule has 1 rings (SSSR count). The molecule has 3 N–H and O–H groups in total. The molecule has 1 aliphatic heterocycles. The molecule has 0 aromatic heterocycles. The second kappa shape index (κ2) is 3.08. The fourth-order valence-electron chi connectivity index (χ4n) is 1.03. The molecule has 1 atom stereocenters. The third kappa shape index (κ3) is 1.15. The first-order chi connectivity index (χ1) is 5.59. The summed E-state index contributed by atoms with van der Waals surface area (Å²) in [5.41, 5.74) is 8.56. The fourth-order valence-corrected chi connectivity index (χ4v) is 1.03. The maximum atomic E-state index is 11.3. The van der Waals surface area contributed by atoms with Crippen LogP contribution >= 0.6 is 0 Å². The van der Waals surface area contributed by atoms with E-state index in [1.54, 1.807) is 26.2 Å². The number of hydrazine groups is 1. The fraction of sp³-hybridized carbons (Fsp3) is 0.667. The molecule has 0 aliphatic carbocycles. The Hall–Kier alpha value is -1.14. The van der Waals surface area contributed by atoms with E-state index in [1.807, 2.05) is 0 Å². The number of nitrogens with zero attached hydrogens (tertiary/aromatic N) is 3. The van der Waals surface area contributed by atoms with Crippen LogP contribution in [0, 0.1) is 0 Å². The summed E-state index contributed by atoms with van der Waals surface area (Å²) in [5.74, 6) is -0.167. The van der Waals surface area contributed by atoms with Gasteiger partial charge in [-0.1, -0.05) is 0 Å². The normalized spacial score (nSPS) is 28.7. The van der Waals surface area contributed by atoms with Gasteiger partial charge >= 0.3 is 0 Å². The molecule has 6 heteroatoms. The van der Waals surface area contributed by atoms with Crippen LogP contribution in [0.1, 0.15) is 0 Å². The summed E-state index contributed by atoms with van der Waals surface area (Å²) < 4.78 is 0. The standard InChI is InChI=1S/C6H13N5O/c1-8-9-4-5(7)10(2)11(3)6(4)12/h5,8H,7H2,1-3H3/b9-4+. The van der Waals surface area contributed by atoms with E-state index in [2.05, 4.69) is 10.5 Å². The van der Waals surface area contributed by atoms with Gasteiger partial charge in [0.15, 0.2) is 5.71 Å². The Labute approximate surface area is 71.0 Å². The van der Waals surface area contributed by atoms with Gasteiger partial charge in [-0.3, -0.25) is 9.80 Å². The summed E-state index contributed by atoms with van der Waals surface area (Å²) in [6.07, 6.45) is -0.449. The molecule has 6 nitrogen and oxygen atoms in total. The third-order valence-electron chi connectivity index (χ3n) is 1.90. The van der Waals surface area contributed by atoms with Gasteiger partial charge in [-0.15, -0.1) is 0 Å². The van der Waals surface area contributed by atoms with Crippen molar-refractivity contribution in [2.75, 3.05) is 21.1 Å². The molecule has 1 saturated heterocycles. The van der Waals surface area contributed by atoms with Crippen LogP contribution in [0.15, 0.2) is 5.10 Å². The smallest absolute Gasteiger partial charge is 0.287 e. The molecule has 1 amide bonds. The van der Waals surface area contributed by atoms with Crippen molar-refractivity contribution in [1.82, 2.24) is 15.4 Å². The van der Waals surface area contributed by atoms with Gasteiger partial charge in [-0.05, 0) is 0 Å². The van der Waals surface area contributed by atoms with Crippen LogP contribution in [0.2, 0.25) is 0 Å². The first-order valence-electron chi connectivity index (χ1n) is 3.60. The highest BCUT2D eigenvalue weighted by atomic mass is 16.2. The third-order valence-corrected chi connectivity index (χ3v) is 1.90. The minimum Gasteiger partial charge on any atom is -0.313 e. The molecule has 1 unspecified atom stereocenters. The number of nitrogens with one attached hydrogen (secondary N) is 1. The Bertz CT molecular complexity index is 226. The average Bonchev–Trinajstić information content (AvgIpc) is 2.23. The van der Waals surface area contributed by atoms with Gasteiger partial charge in [0, 0.05) is 21.1 Å². The predicted octanol–water partition coefficient (Wildman–Crippen LogP) is -1.83. The van der Waals surface area contributed by atoms with Crippen LogP contribution in [0.3, 0.4) is 0 Å². The Balaban J connectivity index is 2.91. The zero-order valence-electron chi connectivity index (χ0n) is 7.40. The van der Waals surface area contributed by atoms with Crippen molar-refractivity contribution >= 4 is 11.6 Å². The minimum absolute atomic E-state index is 0.167. The summed E-state index contributed by atoms with van der Waals surface area (Å²) in [7, 11) is 5.02. The van der Waals surface area contributed by atoms with Gasteiger partial charge in [-0.2, -0.15) is 10.1 Å². The monoisotopic (exact) mass is 171 g/mol. The van der Waals surface area contributed by atoms with Crippen LogP contribution in [-0.2, 0) is 4.79 Å². The van der Waals surface area contributed by atoms with Crippen LogP contribution in [-0.4, -0.2) is 48.9 Å². The van der Waals surface area contributed by atoms with E-state index < -0.39 is 6.17 Å². The largest absolute Gasteiger partial charge is 0.313 e. The molecule has 0 aromatic carbocycles. The number of rotatable bonds is 1. The van der Waals surface area contributed by atoms with Gasteiger partial charge in [0.05, 0.1) is 0 Å². The molecule has 0 aromatic rings. The van der Waals surface area contributed by atoms with E-state index >= 15 is 0 Å². The lowest BCUT2D eigenvalue weighted by molar-refractivity contribution is -0.131. The number of amides is 1. The quantitative estimate of drug-likeness (QED) is 0.455. The molecular weight excluding hydrogens is 158 g/mol. The van der Waals surface area contributed by atoms with Crippen LogP contribution < -0.4 is 11.2 Å². The van der Waals surface area contributed by atoms with Gasteiger partial charge in [0.2, 0.25) is 0 Å². The van der Waals surface area contributed by atoms with Crippen molar-refractivity contribution in [3.05, 3.63) is 0 Å². The molecule has 1 fully saturated rings. The predicted molar refractivity (Wildman–Crippen MR) is 45.0 cm³/mol. The second-order valence-corrected chi connectivity index (χ2v) is 2.57. The highest BCUT2D eigenvalue weighted by Gasteiger charge is 2.37. The molecule has 0 bridgehead atoms. The topological polar surface area (TPSA) is 74.0 Å². The Kier molecular flexibility index (Phi) is 2.30. The number of hydrogen-bond donors (Lipinski definition) is 2. The van der Waals surface area contributed by atoms with E-state index in [0.717, 1.165) is 0 Å². The van der Waals surface area contributed by atoms with Crippen molar-refractivity contribution in [3.63, 3.8) is 0 Å². The lowest BCUT2D eigenvalue weighted by atomic mass is 10.3. The summed E-state index contributed by atoms with van der Waals surface area (Å²) in [5, 5.41) is 6.85. The van der Waals surface area contributed by atoms with Gasteiger partial charge in [0.1, 0.15) is 6.17 Å². The zero-order valence-corrected chi connectivity index (χ0v) is 7.40. The summed E-state index contributed by atoms with van der Waals surface area (Å²) in [6.45, 7) is 0. The van der Waals surface area contributed by atoms with Crippen LogP contribution in [0.4, 0.5) is 0 Å². The van der Waals surface area contributed by atoms with Crippen molar-refractivity contribution < 1.29 is 4.79 Å². The van der Waals surface area contributed by atoms with Gasteiger partial charge < -0.3 is 11.2 Å². The highest BCUT2D eigenvalue weighted by Crippen LogP contribution is 2.08. The Morgan fingerprint density at radius 1 is 1.58 bits per heavy atom. The van der Waals surface area contributed by atoms with Gasteiger partial charge in [0.25, 0.3) is 5.91 Å². The highest BCUT2D eigenvalue weighted by molar-refractivity contribution is 6.41. The van der Waals surface area contributed by atoms with E-state index in [4.69, 9.17) is 5.73 Å². The van der Waals surface area contributed by atoms with Crippen LogP contribution in [0.5, 0.6) is 0 Å². The minimum atomic E-state index is -0.449. The SMILES string of the molecule is CN/N=C1/C(=O)N(C)N(C)C1N. The number of hydrogen-bond acceptors (Lipinski definition) is 5. The van der Waals surface area contributed by atoms with E-state index in [-0.39, 0.29) is 5.91 Å². The molecule has 0 spiro atoms. The molecule has 0 radical (unpaired) electrons. The number of nitrogens with two attached hydrogens (primary N) is 1. The number of carbonyl (C=O) groups is 1. The number of carbonyl (C=O) groups excluding carboxylic acids is 1. The Morgan fingerprint density at radius 2 is 2.17 bits per heavy atom. The average molecular weight is 171 g/mol. The number of hydrazone groups is 1. The van der Waals surface area contributed by atoms with E-state index in [9.17, 15) is 4.79 Å². The first kappa shape index (κ1) is 8.95. The maximum absolute atomic E-state index is 11.3. The molecule has 1 aliphatic rings. The zero-order chi connectivity index (χ0) is 9.30. The maximum Gasteiger partial charge on any atom is 0.287 e. The second-order valence-electron chi connectivity index (χ2n) is 2.57. The van der Waals surface area contributed by atoms with Crippen molar-refractivity contribution in [2.24, 2.45) is 10.8 Å². The van der Waals surface area contributed by atoms with Crippen LogP contribution in [0.25, 0.3) is 0 Å².